The second-order valence-corrected chi connectivity index (χ2v) is 5.38. The highest BCUT2D eigenvalue weighted by molar-refractivity contribution is 5.98. The number of carbonyl (C=O) groups is 2. The first-order valence-corrected chi connectivity index (χ1v) is 7.09. The Bertz CT molecular complexity index is 503. The van der Waals surface area contributed by atoms with Crippen LogP contribution < -0.4 is 5.32 Å². The van der Waals surface area contributed by atoms with Gasteiger partial charge in [-0.3, -0.25) is 14.3 Å². The molecule has 20 heavy (non-hydrogen) atoms. The minimum absolute atomic E-state index is 0.000377. The van der Waals surface area contributed by atoms with Crippen LogP contribution in [-0.2, 0) is 11.8 Å². The Kier molecular flexibility index (Phi) is 4.42. The number of hydrogen-bond acceptors (Lipinski definition) is 3. The van der Waals surface area contributed by atoms with Crippen molar-refractivity contribution in [2.24, 2.45) is 7.05 Å². The molecule has 1 fully saturated rings. The van der Waals surface area contributed by atoms with E-state index >= 15 is 0 Å². The van der Waals surface area contributed by atoms with Crippen LogP contribution in [0.1, 0.15) is 42.2 Å². The van der Waals surface area contributed by atoms with E-state index in [1.807, 2.05) is 4.90 Å². The lowest BCUT2D eigenvalue weighted by atomic mass is 10.1. The summed E-state index contributed by atoms with van der Waals surface area (Å²) < 4.78 is 1.60. The van der Waals surface area contributed by atoms with Crippen molar-refractivity contribution in [2.75, 3.05) is 13.1 Å². The second kappa shape index (κ2) is 6.07. The summed E-state index contributed by atoms with van der Waals surface area (Å²) in [5.74, 6) is -0.243. The van der Waals surface area contributed by atoms with Gasteiger partial charge in [0.25, 0.3) is 5.91 Å². The van der Waals surface area contributed by atoms with Gasteiger partial charge in [0, 0.05) is 26.3 Å². The largest absolute Gasteiger partial charge is 0.341 e. The SMILES string of the molecule is Cc1nn(C)cc1C(=O)NC(C)C(=O)N1CCCCC1. The minimum atomic E-state index is -0.500. The first-order valence-electron chi connectivity index (χ1n) is 7.09. The number of nitrogens with zero attached hydrogens (tertiary/aromatic N) is 3. The van der Waals surface area contributed by atoms with E-state index in [0.29, 0.717) is 11.3 Å². The molecule has 1 aliphatic heterocycles. The highest BCUT2D eigenvalue weighted by atomic mass is 16.2. The predicted molar refractivity (Wildman–Crippen MR) is 75.3 cm³/mol. The van der Waals surface area contributed by atoms with Gasteiger partial charge < -0.3 is 10.2 Å². The average Bonchev–Trinajstić information content (AvgIpc) is 2.78. The average molecular weight is 278 g/mol. The smallest absolute Gasteiger partial charge is 0.255 e. The molecule has 0 aromatic carbocycles. The molecule has 0 bridgehead atoms. The Hall–Kier alpha value is -1.85. The number of piperidine rings is 1. The number of hydrogen-bond donors (Lipinski definition) is 1. The fourth-order valence-corrected chi connectivity index (χ4v) is 2.55. The number of rotatable bonds is 3. The zero-order valence-corrected chi connectivity index (χ0v) is 12.3. The highest BCUT2D eigenvalue weighted by Crippen LogP contribution is 2.10. The van der Waals surface area contributed by atoms with Crippen molar-refractivity contribution < 1.29 is 9.59 Å². The van der Waals surface area contributed by atoms with Gasteiger partial charge in [-0.05, 0) is 33.1 Å². The molecular weight excluding hydrogens is 256 g/mol. The molecule has 1 aromatic heterocycles. The Morgan fingerprint density at radius 2 is 1.95 bits per heavy atom. The number of aromatic nitrogens is 2. The van der Waals surface area contributed by atoms with Crippen LogP contribution in [0, 0.1) is 6.92 Å². The normalized spacial score (nSPS) is 16.9. The van der Waals surface area contributed by atoms with Gasteiger partial charge in [0.05, 0.1) is 11.3 Å². The lowest BCUT2D eigenvalue weighted by molar-refractivity contribution is -0.133. The third-order valence-corrected chi connectivity index (χ3v) is 3.64. The van der Waals surface area contributed by atoms with E-state index < -0.39 is 6.04 Å². The van der Waals surface area contributed by atoms with Crippen molar-refractivity contribution in [2.45, 2.75) is 39.2 Å². The summed E-state index contributed by atoms with van der Waals surface area (Å²) in [6, 6.07) is -0.500. The third kappa shape index (κ3) is 3.18. The fraction of sp³-hybridized carbons (Fsp3) is 0.643. The predicted octanol–water partition coefficient (Wildman–Crippen LogP) is 0.859. The summed E-state index contributed by atoms with van der Waals surface area (Å²) in [7, 11) is 1.77. The van der Waals surface area contributed by atoms with Crippen LogP contribution in [0.3, 0.4) is 0 Å². The maximum absolute atomic E-state index is 12.2. The third-order valence-electron chi connectivity index (χ3n) is 3.64. The highest BCUT2D eigenvalue weighted by Gasteiger charge is 2.24. The van der Waals surface area contributed by atoms with Crippen molar-refractivity contribution in [3.63, 3.8) is 0 Å². The maximum Gasteiger partial charge on any atom is 0.255 e. The molecule has 0 saturated carbocycles. The molecule has 0 radical (unpaired) electrons. The van der Waals surface area contributed by atoms with Crippen LogP contribution in [0.15, 0.2) is 6.20 Å². The van der Waals surface area contributed by atoms with Crippen LogP contribution >= 0.6 is 0 Å². The van der Waals surface area contributed by atoms with E-state index in [1.54, 1.807) is 31.8 Å². The van der Waals surface area contributed by atoms with Crippen molar-refractivity contribution in [1.82, 2.24) is 20.0 Å². The molecule has 1 atom stereocenters. The van der Waals surface area contributed by atoms with Crippen molar-refractivity contribution in [3.8, 4) is 0 Å². The van der Waals surface area contributed by atoms with E-state index in [0.717, 1.165) is 25.9 Å². The molecule has 2 amide bonds. The van der Waals surface area contributed by atoms with E-state index in [2.05, 4.69) is 10.4 Å². The molecule has 110 valence electrons. The van der Waals surface area contributed by atoms with Crippen LogP contribution in [0.25, 0.3) is 0 Å². The second-order valence-electron chi connectivity index (χ2n) is 5.38. The van der Waals surface area contributed by atoms with Gasteiger partial charge in [-0.25, -0.2) is 0 Å². The number of aryl methyl sites for hydroxylation is 2. The van der Waals surface area contributed by atoms with Crippen molar-refractivity contribution >= 4 is 11.8 Å². The molecule has 6 nitrogen and oxygen atoms in total. The van der Waals surface area contributed by atoms with Gasteiger partial charge in [0.1, 0.15) is 6.04 Å². The van der Waals surface area contributed by atoms with Crippen molar-refractivity contribution in [3.05, 3.63) is 17.5 Å². The molecule has 6 heteroatoms. The van der Waals surface area contributed by atoms with E-state index in [9.17, 15) is 9.59 Å². The van der Waals surface area contributed by atoms with E-state index in [1.165, 1.54) is 6.42 Å². The van der Waals surface area contributed by atoms with Gasteiger partial charge in [-0.15, -0.1) is 0 Å². The van der Waals surface area contributed by atoms with Gasteiger partial charge in [-0.1, -0.05) is 0 Å². The van der Waals surface area contributed by atoms with Crippen LogP contribution in [0.4, 0.5) is 0 Å². The van der Waals surface area contributed by atoms with Crippen LogP contribution in [-0.4, -0.2) is 45.6 Å². The Balaban J connectivity index is 1.96. The molecule has 1 aliphatic rings. The van der Waals surface area contributed by atoms with E-state index in [-0.39, 0.29) is 11.8 Å². The Morgan fingerprint density at radius 3 is 2.50 bits per heavy atom. The summed E-state index contributed by atoms with van der Waals surface area (Å²) >= 11 is 0. The van der Waals surface area contributed by atoms with Crippen LogP contribution in [0.2, 0.25) is 0 Å². The van der Waals surface area contributed by atoms with Gasteiger partial charge >= 0.3 is 0 Å². The molecule has 1 saturated heterocycles. The molecule has 1 unspecified atom stereocenters. The molecule has 2 rings (SSSR count). The summed E-state index contributed by atoms with van der Waals surface area (Å²) in [6.45, 7) is 5.11. The lowest BCUT2D eigenvalue weighted by Crippen LogP contribution is -2.48. The number of carbonyl (C=O) groups excluding carboxylic acids is 2. The zero-order chi connectivity index (χ0) is 14.7. The van der Waals surface area contributed by atoms with Crippen LogP contribution in [0.5, 0.6) is 0 Å². The van der Waals surface area contributed by atoms with Gasteiger partial charge in [0.2, 0.25) is 5.91 Å². The standard InChI is InChI=1S/C14H22N4O2/c1-10-12(9-17(3)16-10)13(19)15-11(2)14(20)18-7-5-4-6-8-18/h9,11H,4-8H2,1-3H3,(H,15,19). The first-order chi connectivity index (χ1) is 9.49. The van der Waals surface area contributed by atoms with Crippen molar-refractivity contribution in [1.29, 1.82) is 0 Å². The molecule has 1 N–H and O–H groups in total. The van der Waals surface area contributed by atoms with Gasteiger partial charge in [0.15, 0.2) is 0 Å². The molecule has 2 heterocycles. The molecular formula is C14H22N4O2. The lowest BCUT2D eigenvalue weighted by Gasteiger charge is -2.29. The summed E-state index contributed by atoms with van der Waals surface area (Å²) in [4.78, 5) is 26.2. The topological polar surface area (TPSA) is 67.2 Å². The maximum atomic E-state index is 12.2. The summed E-state index contributed by atoms with van der Waals surface area (Å²) in [5.41, 5.74) is 1.19. The first kappa shape index (κ1) is 14.6. The Labute approximate surface area is 119 Å². The quantitative estimate of drug-likeness (QED) is 0.891. The molecule has 1 aromatic rings. The summed E-state index contributed by atoms with van der Waals surface area (Å²) in [5, 5.41) is 6.90. The summed E-state index contributed by atoms with van der Waals surface area (Å²) in [6.07, 6.45) is 4.95. The monoisotopic (exact) mass is 278 g/mol. The molecule has 0 aliphatic carbocycles. The number of amides is 2. The van der Waals surface area contributed by atoms with E-state index in [4.69, 9.17) is 0 Å². The zero-order valence-electron chi connectivity index (χ0n) is 12.3. The minimum Gasteiger partial charge on any atom is -0.341 e. The Morgan fingerprint density at radius 1 is 1.30 bits per heavy atom. The van der Waals surface area contributed by atoms with Gasteiger partial charge in [-0.2, -0.15) is 5.10 Å². The molecule has 0 spiro atoms. The fourth-order valence-electron chi connectivity index (χ4n) is 2.55. The number of likely N-dealkylation sites (tertiary alicyclic amines) is 1. The number of nitrogens with one attached hydrogen (secondary N) is 1.